The lowest BCUT2D eigenvalue weighted by Crippen LogP contribution is -2.36. The maximum Gasteiger partial charge on any atom is 0.106 e. The standard InChI is InChI=1S/C86H74BN/c1-11-56-68-47-76-77(48-69(68)63-34-25-35-66(80(56)63)82(87)88(54-28-18-14-19-29-54)55-39-41-61-58-30-20-15-21-36-72(58)84(5,6)75(61)46-55)86(9,10)79-50-71-65-43-42-57(62-32-24-33-64(81(62)65)70(71)49-78(79)85(76,7)8)51(2)67(53-26-16-12-13-17-27-53)44-52-38-40-60-59-31-22-23-37-73(59)83(3,4)74(60)45-52/h11-26,28-35,37-43,45-51,67,82H,36,44H2,1-10H3. The number of rotatable bonds is 9. The van der Waals surface area contributed by atoms with E-state index in [1.807, 2.05) is 0 Å². The first-order chi connectivity index (χ1) is 42.5. The summed E-state index contributed by atoms with van der Waals surface area (Å²) in [5.74, 6) is -0.0788. The molecule has 3 atom stereocenters. The Hall–Kier alpha value is -8.94. The molecule has 7 aliphatic rings. The van der Waals surface area contributed by atoms with Gasteiger partial charge in [-0.3, -0.25) is 0 Å². The van der Waals surface area contributed by atoms with Gasteiger partial charge < -0.3 is 4.90 Å². The van der Waals surface area contributed by atoms with Gasteiger partial charge >= 0.3 is 0 Å². The van der Waals surface area contributed by atoms with Crippen molar-refractivity contribution in [3.05, 3.63) is 314 Å². The fourth-order valence-electron chi connectivity index (χ4n) is 17.4. The van der Waals surface area contributed by atoms with Crippen molar-refractivity contribution >= 4 is 41.1 Å². The third-order valence-electron chi connectivity index (χ3n) is 22.1. The molecule has 0 saturated carbocycles. The number of allylic oxidation sites excluding steroid dienone is 12. The highest BCUT2D eigenvalue weighted by Gasteiger charge is 2.46. The molecule has 9 aromatic rings. The highest BCUT2D eigenvalue weighted by atomic mass is 15.2. The van der Waals surface area contributed by atoms with E-state index in [1.165, 1.54) is 144 Å². The summed E-state index contributed by atoms with van der Waals surface area (Å²) in [4.78, 5) is 2.37. The zero-order chi connectivity index (χ0) is 60.3. The topological polar surface area (TPSA) is 3.24 Å². The van der Waals surface area contributed by atoms with Crippen molar-refractivity contribution in [2.45, 2.75) is 116 Å². The molecule has 0 spiro atoms. The van der Waals surface area contributed by atoms with Crippen LogP contribution in [0.4, 0.5) is 11.4 Å². The predicted octanol–water partition coefficient (Wildman–Crippen LogP) is 21.9. The zero-order valence-corrected chi connectivity index (χ0v) is 52.5. The molecule has 0 fully saturated rings. The smallest absolute Gasteiger partial charge is 0.106 e. The normalized spacial score (nSPS) is 18.7. The Morgan fingerprint density at radius 1 is 0.489 bits per heavy atom. The van der Waals surface area contributed by atoms with Crippen LogP contribution >= 0.6 is 0 Å². The SMILES string of the molecule is [B]C(c1cccc2c1C(=CC)c1cc3c(cc1-2)C(C)(C)c1cc2c(cc1C3(C)C)-c1cccc3c(C(C)C(Cc4ccc5c(c4)C(C)(C)c4ccccc4-5)C4=C=CC=CC=C4)ccc-2c13)N(c1ccccc1)c1ccc2c(c1)C(C)(C)C1=C2C=CC=CC1. The van der Waals surface area contributed by atoms with Crippen molar-refractivity contribution in [2.75, 3.05) is 4.90 Å². The summed E-state index contributed by atoms with van der Waals surface area (Å²) in [7, 11) is 7.85. The molecular weight excluding hydrogens is 1060 g/mol. The molecule has 0 bridgehead atoms. The van der Waals surface area contributed by atoms with Crippen LogP contribution < -0.4 is 4.90 Å². The van der Waals surface area contributed by atoms with Crippen molar-refractivity contribution in [3.8, 4) is 44.5 Å². The van der Waals surface area contributed by atoms with Gasteiger partial charge in [0.15, 0.2) is 0 Å². The highest BCUT2D eigenvalue weighted by molar-refractivity contribution is 6.18. The van der Waals surface area contributed by atoms with E-state index in [9.17, 15) is 0 Å². The second kappa shape index (κ2) is 19.5. The summed E-state index contributed by atoms with van der Waals surface area (Å²) in [6.07, 6.45) is 24.0. The van der Waals surface area contributed by atoms with Gasteiger partial charge in [-0.05, 0) is 230 Å². The molecule has 1 nitrogen and oxygen atoms in total. The number of hydrogen-bond donors (Lipinski definition) is 0. The zero-order valence-electron chi connectivity index (χ0n) is 52.5. The molecule has 0 saturated heterocycles. The van der Waals surface area contributed by atoms with Crippen molar-refractivity contribution in [3.63, 3.8) is 0 Å². The third-order valence-corrected chi connectivity index (χ3v) is 22.1. The van der Waals surface area contributed by atoms with Gasteiger partial charge in [0, 0.05) is 44.9 Å². The Morgan fingerprint density at radius 3 is 1.86 bits per heavy atom. The van der Waals surface area contributed by atoms with E-state index in [1.54, 1.807) is 0 Å². The monoisotopic (exact) mass is 1130 g/mol. The van der Waals surface area contributed by atoms with Gasteiger partial charge in [0.05, 0.1) is 0 Å². The lowest BCUT2D eigenvalue weighted by Gasteiger charge is -2.44. The molecule has 16 rings (SSSR count). The first-order valence-electron chi connectivity index (χ1n) is 32.1. The van der Waals surface area contributed by atoms with Crippen LogP contribution in [0.1, 0.15) is 160 Å². The fourth-order valence-corrected chi connectivity index (χ4v) is 17.4. The molecule has 0 aliphatic heterocycles. The van der Waals surface area contributed by atoms with Crippen LogP contribution in [0.3, 0.4) is 0 Å². The van der Waals surface area contributed by atoms with Gasteiger partial charge in [0.25, 0.3) is 0 Å². The Bertz CT molecular complexity index is 4810. The Morgan fingerprint density at radius 2 is 1.10 bits per heavy atom. The summed E-state index contributed by atoms with van der Waals surface area (Å²) < 4.78 is 0. The molecule has 88 heavy (non-hydrogen) atoms. The second-order valence-electron chi connectivity index (χ2n) is 28.1. The number of nitrogens with zero attached hydrogens (tertiary/aromatic N) is 1. The molecule has 3 unspecified atom stereocenters. The molecule has 9 aromatic carbocycles. The second-order valence-corrected chi connectivity index (χ2v) is 28.1. The lowest BCUT2D eigenvalue weighted by molar-refractivity contribution is 0.521. The summed E-state index contributed by atoms with van der Waals surface area (Å²) in [6.45, 7) is 24.1. The van der Waals surface area contributed by atoms with Crippen molar-refractivity contribution in [1.82, 2.24) is 0 Å². The van der Waals surface area contributed by atoms with Gasteiger partial charge in [0.1, 0.15) is 7.85 Å². The minimum Gasteiger partial charge on any atom is -0.343 e. The van der Waals surface area contributed by atoms with E-state index >= 15 is 0 Å². The van der Waals surface area contributed by atoms with Crippen molar-refractivity contribution in [2.24, 2.45) is 5.92 Å². The molecule has 0 amide bonds. The van der Waals surface area contributed by atoms with E-state index in [0.29, 0.717) is 0 Å². The lowest BCUT2D eigenvalue weighted by atomic mass is 9.59. The maximum absolute atomic E-state index is 7.85. The van der Waals surface area contributed by atoms with Crippen molar-refractivity contribution < 1.29 is 0 Å². The average Bonchev–Trinajstić information content (AvgIpc) is 1.30. The first kappa shape index (κ1) is 54.5. The maximum atomic E-state index is 7.85. The minimum atomic E-state index is -0.479. The Labute approximate surface area is 522 Å². The molecule has 0 heterocycles. The van der Waals surface area contributed by atoms with Crippen LogP contribution in [0.15, 0.2) is 241 Å². The molecular formula is C86H74BN. The van der Waals surface area contributed by atoms with Crippen LogP contribution in [0, 0.1) is 5.92 Å². The van der Waals surface area contributed by atoms with Gasteiger partial charge in [-0.25, -0.2) is 0 Å². The third kappa shape index (κ3) is 7.74. The Kier molecular flexibility index (Phi) is 12.1. The molecule has 2 radical (unpaired) electrons. The summed E-state index contributed by atoms with van der Waals surface area (Å²) in [5.41, 5.74) is 38.6. The Balaban J connectivity index is 0.765. The number of para-hydroxylation sites is 1. The molecule has 426 valence electrons. The van der Waals surface area contributed by atoms with Crippen LogP contribution in [0.2, 0.25) is 0 Å². The van der Waals surface area contributed by atoms with Gasteiger partial charge in [0.2, 0.25) is 0 Å². The highest BCUT2D eigenvalue weighted by Crippen LogP contribution is 2.60. The van der Waals surface area contributed by atoms with Gasteiger partial charge in [-0.1, -0.05) is 232 Å². The van der Waals surface area contributed by atoms with Gasteiger partial charge in [-0.2, -0.15) is 0 Å². The quantitative estimate of drug-likeness (QED) is 0.103. The molecule has 0 N–H and O–H groups in total. The number of hydrogen-bond acceptors (Lipinski definition) is 1. The van der Waals surface area contributed by atoms with Crippen LogP contribution in [-0.2, 0) is 28.1 Å². The number of benzene rings is 9. The minimum absolute atomic E-state index is 0.0565. The van der Waals surface area contributed by atoms with E-state index < -0.39 is 5.94 Å². The average molecular weight is 1130 g/mol. The molecule has 2 heteroatoms. The first-order valence-corrected chi connectivity index (χ1v) is 32.1. The van der Waals surface area contributed by atoms with Crippen LogP contribution in [0.25, 0.3) is 66.4 Å². The van der Waals surface area contributed by atoms with E-state index in [2.05, 4.69) is 304 Å². The predicted molar refractivity (Wildman–Crippen MR) is 373 cm³/mol. The molecule has 0 aromatic heterocycles. The van der Waals surface area contributed by atoms with Crippen LogP contribution in [-0.4, -0.2) is 7.85 Å². The van der Waals surface area contributed by atoms with Gasteiger partial charge in [-0.15, -0.1) is 5.73 Å². The fraction of sp³-hybridized carbons (Fsp3) is 0.221. The van der Waals surface area contributed by atoms with Crippen LogP contribution in [0.5, 0.6) is 0 Å². The summed E-state index contributed by atoms with van der Waals surface area (Å²) in [5, 5.41) is 2.73. The number of fused-ring (bicyclic) bond motifs is 13. The summed E-state index contributed by atoms with van der Waals surface area (Å²) >= 11 is 0. The molecule has 7 aliphatic carbocycles. The van der Waals surface area contributed by atoms with Crippen molar-refractivity contribution in [1.29, 1.82) is 0 Å². The van der Waals surface area contributed by atoms with E-state index in [0.717, 1.165) is 29.8 Å². The largest absolute Gasteiger partial charge is 0.343 e. The van der Waals surface area contributed by atoms with E-state index in [4.69, 9.17) is 7.85 Å². The van der Waals surface area contributed by atoms with E-state index in [-0.39, 0.29) is 33.5 Å². The number of anilines is 2. The summed E-state index contributed by atoms with van der Waals surface area (Å²) in [6, 6.07) is 63.3.